The van der Waals surface area contributed by atoms with Gasteiger partial charge in [0.1, 0.15) is 5.82 Å². The first-order valence-electron chi connectivity index (χ1n) is 7.60. The summed E-state index contributed by atoms with van der Waals surface area (Å²) in [5.74, 6) is -1.58. The fourth-order valence-corrected chi connectivity index (χ4v) is 2.86. The summed E-state index contributed by atoms with van der Waals surface area (Å²) in [7, 11) is 0. The van der Waals surface area contributed by atoms with Gasteiger partial charge in [-0.25, -0.2) is 4.39 Å². The number of carboxylic acids is 1. The fraction of sp³-hybridized carbons (Fsp3) is 0.529. The number of nitrogens with one attached hydrogen (secondary N) is 1. The predicted molar refractivity (Wildman–Crippen MR) is 81.0 cm³/mol. The van der Waals surface area contributed by atoms with Gasteiger partial charge in [0.15, 0.2) is 0 Å². The Morgan fingerprint density at radius 2 is 1.86 bits per heavy atom. The molecule has 0 heterocycles. The van der Waals surface area contributed by atoms with Crippen LogP contribution in [-0.4, -0.2) is 23.0 Å². The highest BCUT2D eigenvalue weighted by Crippen LogP contribution is 2.27. The molecular weight excluding hydrogens is 285 g/mol. The van der Waals surface area contributed by atoms with E-state index in [1.807, 2.05) is 0 Å². The van der Waals surface area contributed by atoms with Crippen LogP contribution in [0.4, 0.5) is 4.39 Å². The van der Waals surface area contributed by atoms with Crippen LogP contribution in [-0.2, 0) is 15.0 Å². The molecule has 120 valence electrons. The SMILES string of the molecule is CC(C)(C(=O)NC1CCC(C(=O)O)CC1)c1cccc(F)c1. The van der Waals surface area contributed by atoms with Crippen molar-refractivity contribution in [1.82, 2.24) is 5.32 Å². The van der Waals surface area contributed by atoms with Crippen LogP contribution in [0.3, 0.4) is 0 Å². The van der Waals surface area contributed by atoms with E-state index in [4.69, 9.17) is 5.11 Å². The maximum atomic E-state index is 13.4. The van der Waals surface area contributed by atoms with E-state index in [1.54, 1.807) is 26.0 Å². The number of carbonyl (C=O) groups is 2. The van der Waals surface area contributed by atoms with Gasteiger partial charge in [0.2, 0.25) is 5.91 Å². The molecule has 0 radical (unpaired) electrons. The van der Waals surface area contributed by atoms with Crippen LogP contribution >= 0.6 is 0 Å². The van der Waals surface area contributed by atoms with Gasteiger partial charge in [-0.1, -0.05) is 12.1 Å². The van der Waals surface area contributed by atoms with Crippen LogP contribution in [0.5, 0.6) is 0 Å². The number of amides is 1. The van der Waals surface area contributed by atoms with Crippen molar-refractivity contribution in [3.8, 4) is 0 Å². The van der Waals surface area contributed by atoms with Gasteiger partial charge in [0, 0.05) is 6.04 Å². The van der Waals surface area contributed by atoms with Crippen molar-refractivity contribution in [3.05, 3.63) is 35.6 Å². The number of carbonyl (C=O) groups excluding carboxylic acids is 1. The first kappa shape index (κ1) is 16.5. The second-order valence-electron chi connectivity index (χ2n) is 6.50. The molecule has 1 amide bonds. The highest BCUT2D eigenvalue weighted by molar-refractivity contribution is 5.87. The van der Waals surface area contributed by atoms with Crippen LogP contribution in [0.1, 0.15) is 45.1 Å². The second kappa shape index (κ2) is 6.46. The second-order valence-corrected chi connectivity index (χ2v) is 6.50. The zero-order valence-corrected chi connectivity index (χ0v) is 12.9. The zero-order valence-electron chi connectivity index (χ0n) is 12.9. The van der Waals surface area contributed by atoms with Gasteiger partial charge in [-0.15, -0.1) is 0 Å². The molecule has 1 aromatic carbocycles. The molecule has 2 rings (SSSR count). The molecule has 0 saturated heterocycles. The Labute approximate surface area is 129 Å². The molecule has 0 aliphatic heterocycles. The van der Waals surface area contributed by atoms with E-state index in [1.165, 1.54) is 12.1 Å². The van der Waals surface area contributed by atoms with Crippen LogP contribution in [0.15, 0.2) is 24.3 Å². The smallest absolute Gasteiger partial charge is 0.306 e. The summed E-state index contributed by atoms with van der Waals surface area (Å²) in [6.45, 7) is 3.53. The fourth-order valence-electron chi connectivity index (χ4n) is 2.86. The van der Waals surface area contributed by atoms with Crippen molar-refractivity contribution in [2.45, 2.75) is 51.0 Å². The molecule has 0 bridgehead atoms. The molecule has 22 heavy (non-hydrogen) atoms. The number of carboxylic acid groups (broad SMARTS) is 1. The Kier molecular flexibility index (Phi) is 4.84. The lowest BCUT2D eigenvalue weighted by Gasteiger charge is -2.31. The number of benzene rings is 1. The molecular formula is C17H22FNO3. The molecule has 0 unspecified atom stereocenters. The average molecular weight is 307 g/mol. The lowest BCUT2D eigenvalue weighted by molar-refractivity contribution is -0.142. The van der Waals surface area contributed by atoms with Crippen molar-refractivity contribution in [1.29, 1.82) is 0 Å². The minimum atomic E-state index is -0.828. The standard InChI is InChI=1S/C17H22FNO3/c1-17(2,12-4-3-5-13(18)10-12)16(22)19-14-8-6-11(7-9-14)15(20)21/h3-5,10-11,14H,6-9H2,1-2H3,(H,19,22)(H,20,21). The van der Waals surface area contributed by atoms with Crippen molar-refractivity contribution in [2.24, 2.45) is 5.92 Å². The number of hydrogen-bond donors (Lipinski definition) is 2. The third-order valence-corrected chi connectivity index (χ3v) is 4.53. The topological polar surface area (TPSA) is 66.4 Å². The molecule has 0 spiro atoms. The van der Waals surface area contributed by atoms with Gasteiger partial charge in [-0.2, -0.15) is 0 Å². The van der Waals surface area contributed by atoms with Crippen LogP contribution in [0.25, 0.3) is 0 Å². The Balaban J connectivity index is 1.98. The van der Waals surface area contributed by atoms with E-state index >= 15 is 0 Å². The minimum Gasteiger partial charge on any atom is -0.481 e. The molecule has 1 fully saturated rings. The Morgan fingerprint density at radius 3 is 2.41 bits per heavy atom. The van der Waals surface area contributed by atoms with Crippen LogP contribution in [0, 0.1) is 11.7 Å². The highest BCUT2D eigenvalue weighted by Gasteiger charge is 2.33. The van der Waals surface area contributed by atoms with E-state index in [0.29, 0.717) is 31.2 Å². The summed E-state index contributed by atoms with van der Waals surface area (Å²) < 4.78 is 13.4. The molecule has 4 nitrogen and oxygen atoms in total. The molecule has 1 aromatic rings. The monoisotopic (exact) mass is 307 g/mol. The zero-order chi connectivity index (χ0) is 16.3. The summed E-state index contributed by atoms with van der Waals surface area (Å²) in [6.07, 6.45) is 2.51. The molecule has 5 heteroatoms. The van der Waals surface area contributed by atoms with E-state index in [-0.39, 0.29) is 23.7 Å². The van der Waals surface area contributed by atoms with Gasteiger partial charge in [0.05, 0.1) is 11.3 Å². The highest BCUT2D eigenvalue weighted by atomic mass is 19.1. The Hall–Kier alpha value is -1.91. The maximum absolute atomic E-state index is 13.4. The third-order valence-electron chi connectivity index (χ3n) is 4.53. The molecule has 2 N–H and O–H groups in total. The van der Waals surface area contributed by atoms with Crippen molar-refractivity contribution < 1.29 is 19.1 Å². The first-order chi connectivity index (χ1) is 10.3. The lowest BCUT2D eigenvalue weighted by atomic mass is 9.82. The maximum Gasteiger partial charge on any atom is 0.306 e. The first-order valence-corrected chi connectivity index (χ1v) is 7.60. The van der Waals surface area contributed by atoms with E-state index < -0.39 is 11.4 Å². The van der Waals surface area contributed by atoms with Gasteiger partial charge in [-0.3, -0.25) is 9.59 Å². The summed E-state index contributed by atoms with van der Waals surface area (Å²) in [5, 5.41) is 12.0. The minimum absolute atomic E-state index is 0.00376. The van der Waals surface area contributed by atoms with Gasteiger partial charge in [0.25, 0.3) is 0 Å². The molecule has 1 aliphatic carbocycles. The molecule has 0 atom stereocenters. The third kappa shape index (κ3) is 3.64. The van der Waals surface area contributed by atoms with Gasteiger partial charge < -0.3 is 10.4 Å². The van der Waals surface area contributed by atoms with Gasteiger partial charge >= 0.3 is 5.97 Å². The number of rotatable bonds is 4. The molecule has 1 saturated carbocycles. The Bertz CT molecular complexity index is 563. The Morgan fingerprint density at radius 1 is 1.23 bits per heavy atom. The van der Waals surface area contributed by atoms with E-state index in [0.717, 1.165) is 0 Å². The molecule has 0 aromatic heterocycles. The van der Waals surface area contributed by atoms with Crippen molar-refractivity contribution >= 4 is 11.9 Å². The quantitative estimate of drug-likeness (QED) is 0.899. The molecule has 1 aliphatic rings. The van der Waals surface area contributed by atoms with Gasteiger partial charge in [-0.05, 0) is 57.2 Å². The summed E-state index contributed by atoms with van der Waals surface area (Å²) in [6, 6.07) is 6.06. The largest absolute Gasteiger partial charge is 0.481 e. The number of aliphatic carboxylic acids is 1. The van der Waals surface area contributed by atoms with Crippen molar-refractivity contribution in [2.75, 3.05) is 0 Å². The number of hydrogen-bond acceptors (Lipinski definition) is 2. The van der Waals surface area contributed by atoms with E-state index in [9.17, 15) is 14.0 Å². The lowest BCUT2D eigenvalue weighted by Crippen LogP contribution is -2.46. The summed E-state index contributed by atoms with van der Waals surface area (Å²) in [4.78, 5) is 23.4. The number of halogens is 1. The van der Waals surface area contributed by atoms with Crippen LogP contribution in [0.2, 0.25) is 0 Å². The normalized spacial score (nSPS) is 22.1. The predicted octanol–water partition coefficient (Wildman–Crippen LogP) is 2.86. The van der Waals surface area contributed by atoms with Crippen LogP contribution < -0.4 is 5.32 Å². The average Bonchev–Trinajstić information content (AvgIpc) is 2.47. The van der Waals surface area contributed by atoms with Crippen molar-refractivity contribution in [3.63, 3.8) is 0 Å². The summed E-state index contributed by atoms with van der Waals surface area (Å²) in [5.41, 5.74) is -0.199. The summed E-state index contributed by atoms with van der Waals surface area (Å²) >= 11 is 0. The van der Waals surface area contributed by atoms with E-state index in [2.05, 4.69) is 5.32 Å².